The maximum absolute atomic E-state index is 5.71. The van der Waals surface area contributed by atoms with E-state index in [2.05, 4.69) is 41.8 Å². The van der Waals surface area contributed by atoms with Crippen LogP contribution in [0.2, 0.25) is 0 Å². The lowest BCUT2D eigenvalue weighted by atomic mass is 10.2. The van der Waals surface area contributed by atoms with Gasteiger partial charge in [0, 0.05) is 30.9 Å². The molecule has 0 aliphatic carbocycles. The first kappa shape index (κ1) is 13.1. The summed E-state index contributed by atoms with van der Waals surface area (Å²) in [6, 6.07) is 10.7. The Morgan fingerprint density at radius 2 is 2.11 bits per heavy atom. The molecule has 0 bridgehead atoms. The topological polar surface area (TPSA) is 40.2 Å². The van der Waals surface area contributed by atoms with Gasteiger partial charge in [0.2, 0.25) is 0 Å². The molecule has 98 valence electrons. The molecule has 0 aliphatic heterocycles. The average Bonchev–Trinajstić information content (AvgIpc) is 2.70. The van der Waals surface area contributed by atoms with E-state index in [9.17, 15) is 0 Å². The number of aryl methyl sites for hydroxylation is 2. The summed E-state index contributed by atoms with van der Waals surface area (Å²) in [6.07, 6.45) is 1.12. The number of nitrogens with zero attached hydrogens (tertiary/aromatic N) is 1. The predicted molar refractivity (Wildman–Crippen MR) is 75.8 cm³/mol. The maximum Gasteiger partial charge on any atom is 0.0714 e. The molecule has 1 aromatic heterocycles. The fraction of sp³-hybridized carbons (Fsp3) is 0.467. The van der Waals surface area contributed by atoms with Crippen LogP contribution in [-0.4, -0.2) is 23.8 Å². The van der Waals surface area contributed by atoms with E-state index in [0.717, 1.165) is 19.6 Å². The molecule has 0 amide bonds. The summed E-state index contributed by atoms with van der Waals surface area (Å²) < 4.78 is 7.95. The SMILES string of the molecule is CCOC(CN)CCn1c(C)cc2ccccc21. The molecule has 3 nitrogen and oxygen atoms in total. The number of aromatic nitrogens is 1. The molecule has 1 heterocycles. The van der Waals surface area contributed by atoms with Crippen LogP contribution in [0.25, 0.3) is 10.9 Å². The zero-order chi connectivity index (χ0) is 13.0. The Kier molecular flexibility index (Phi) is 4.39. The third kappa shape index (κ3) is 2.74. The van der Waals surface area contributed by atoms with Crippen molar-refractivity contribution in [1.82, 2.24) is 4.57 Å². The van der Waals surface area contributed by atoms with Gasteiger partial charge in [0.05, 0.1) is 6.10 Å². The Balaban J connectivity index is 2.13. The number of rotatable bonds is 6. The predicted octanol–water partition coefficient (Wildman–Crippen LogP) is 2.70. The van der Waals surface area contributed by atoms with E-state index in [1.54, 1.807) is 0 Å². The van der Waals surface area contributed by atoms with E-state index in [1.165, 1.54) is 16.6 Å². The maximum atomic E-state index is 5.71. The summed E-state index contributed by atoms with van der Waals surface area (Å²) in [5.41, 5.74) is 8.30. The van der Waals surface area contributed by atoms with Crippen LogP contribution >= 0.6 is 0 Å². The molecule has 0 saturated carbocycles. The number of ether oxygens (including phenoxy) is 1. The fourth-order valence-corrected chi connectivity index (χ4v) is 2.42. The van der Waals surface area contributed by atoms with Crippen molar-refractivity contribution in [2.75, 3.05) is 13.2 Å². The van der Waals surface area contributed by atoms with E-state index in [-0.39, 0.29) is 6.10 Å². The monoisotopic (exact) mass is 246 g/mol. The highest BCUT2D eigenvalue weighted by Gasteiger charge is 2.09. The van der Waals surface area contributed by atoms with Crippen LogP contribution in [0.5, 0.6) is 0 Å². The van der Waals surface area contributed by atoms with E-state index in [4.69, 9.17) is 10.5 Å². The van der Waals surface area contributed by atoms with Gasteiger partial charge in [0.1, 0.15) is 0 Å². The Morgan fingerprint density at radius 1 is 1.33 bits per heavy atom. The van der Waals surface area contributed by atoms with Crippen molar-refractivity contribution in [1.29, 1.82) is 0 Å². The first-order valence-corrected chi connectivity index (χ1v) is 6.62. The van der Waals surface area contributed by atoms with Gasteiger partial charge < -0.3 is 15.0 Å². The van der Waals surface area contributed by atoms with Crippen molar-refractivity contribution in [2.24, 2.45) is 5.73 Å². The summed E-state index contributed by atoms with van der Waals surface area (Å²) in [5, 5.41) is 1.30. The third-order valence-electron chi connectivity index (χ3n) is 3.36. The molecule has 0 radical (unpaired) electrons. The van der Waals surface area contributed by atoms with Crippen LogP contribution in [0.1, 0.15) is 19.0 Å². The molecule has 3 heteroatoms. The largest absolute Gasteiger partial charge is 0.377 e. The molecule has 0 spiro atoms. The van der Waals surface area contributed by atoms with E-state index in [0.29, 0.717) is 6.54 Å². The summed E-state index contributed by atoms with van der Waals surface area (Å²) in [6.45, 7) is 6.44. The van der Waals surface area contributed by atoms with E-state index >= 15 is 0 Å². The summed E-state index contributed by atoms with van der Waals surface area (Å²) in [4.78, 5) is 0. The van der Waals surface area contributed by atoms with Crippen molar-refractivity contribution in [3.05, 3.63) is 36.0 Å². The van der Waals surface area contributed by atoms with Gasteiger partial charge in [0.15, 0.2) is 0 Å². The minimum absolute atomic E-state index is 0.163. The Hall–Kier alpha value is -1.32. The van der Waals surface area contributed by atoms with Gasteiger partial charge in [0.25, 0.3) is 0 Å². The Morgan fingerprint density at radius 3 is 2.83 bits per heavy atom. The highest BCUT2D eigenvalue weighted by molar-refractivity contribution is 5.81. The fourth-order valence-electron chi connectivity index (χ4n) is 2.42. The second-order valence-electron chi connectivity index (χ2n) is 4.60. The average molecular weight is 246 g/mol. The van der Waals surface area contributed by atoms with Gasteiger partial charge in [-0.15, -0.1) is 0 Å². The minimum atomic E-state index is 0.163. The van der Waals surface area contributed by atoms with Gasteiger partial charge in [-0.3, -0.25) is 0 Å². The van der Waals surface area contributed by atoms with Crippen LogP contribution in [-0.2, 0) is 11.3 Å². The summed E-state index contributed by atoms with van der Waals surface area (Å²) in [5.74, 6) is 0. The highest BCUT2D eigenvalue weighted by atomic mass is 16.5. The first-order valence-electron chi connectivity index (χ1n) is 6.62. The standard InChI is InChI=1S/C15H22N2O/c1-3-18-14(11-16)8-9-17-12(2)10-13-6-4-5-7-15(13)17/h4-7,10,14H,3,8-9,11,16H2,1-2H3. The number of hydrogen-bond acceptors (Lipinski definition) is 2. The van der Waals surface area contributed by atoms with Crippen LogP contribution in [0.4, 0.5) is 0 Å². The minimum Gasteiger partial charge on any atom is -0.377 e. The van der Waals surface area contributed by atoms with Crippen molar-refractivity contribution in [3.8, 4) is 0 Å². The van der Waals surface area contributed by atoms with Crippen molar-refractivity contribution in [2.45, 2.75) is 32.9 Å². The van der Waals surface area contributed by atoms with Gasteiger partial charge in [-0.2, -0.15) is 0 Å². The zero-order valence-corrected chi connectivity index (χ0v) is 11.2. The van der Waals surface area contributed by atoms with Crippen LogP contribution in [0.3, 0.4) is 0 Å². The lowest BCUT2D eigenvalue weighted by Crippen LogP contribution is -2.25. The van der Waals surface area contributed by atoms with E-state index < -0.39 is 0 Å². The van der Waals surface area contributed by atoms with Crippen molar-refractivity contribution >= 4 is 10.9 Å². The number of para-hydroxylation sites is 1. The molecule has 0 aliphatic rings. The Labute approximate surface area is 109 Å². The number of benzene rings is 1. The molecule has 2 aromatic rings. The molecule has 2 rings (SSSR count). The van der Waals surface area contributed by atoms with Crippen LogP contribution < -0.4 is 5.73 Å². The first-order chi connectivity index (χ1) is 8.76. The zero-order valence-electron chi connectivity index (χ0n) is 11.2. The quantitative estimate of drug-likeness (QED) is 0.851. The van der Waals surface area contributed by atoms with Crippen molar-refractivity contribution in [3.63, 3.8) is 0 Å². The molecule has 1 aromatic carbocycles. The highest BCUT2D eigenvalue weighted by Crippen LogP contribution is 2.19. The van der Waals surface area contributed by atoms with Gasteiger partial charge in [-0.05, 0) is 37.8 Å². The lowest BCUT2D eigenvalue weighted by molar-refractivity contribution is 0.0600. The second-order valence-corrected chi connectivity index (χ2v) is 4.60. The number of hydrogen-bond donors (Lipinski definition) is 1. The summed E-state index contributed by atoms with van der Waals surface area (Å²) >= 11 is 0. The molecule has 2 N–H and O–H groups in total. The third-order valence-corrected chi connectivity index (χ3v) is 3.36. The molecular weight excluding hydrogens is 224 g/mol. The van der Waals surface area contributed by atoms with Gasteiger partial charge in [-0.25, -0.2) is 0 Å². The van der Waals surface area contributed by atoms with Gasteiger partial charge >= 0.3 is 0 Å². The second kappa shape index (κ2) is 6.03. The molecule has 0 saturated heterocycles. The smallest absolute Gasteiger partial charge is 0.0714 e. The van der Waals surface area contributed by atoms with Crippen LogP contribution in [0, 0.1) is 6.92 Å². The van der Waals surface area contributed by atoms with Crippen molar-refractivity contribution < 1.29 is 4.74 Å². The molecule has 0 fully saturated rings. The molecule has 1 unspecified atom stereocenters. The number of fused-ring (bicyclic) bond motifs is 1. The molecular formula is C15H22N2O. The molecule has 18 heavy (non-hydrogen) atoms. The van der Waals surface area contributed by atoms with Crippen LogP contribution in [0.15, 0.2) is 30.3 Å². The lowest BCUT2D eigenvalue weighted by Gasteiger charge is -2.16. The molecule has 1 atom stereocenters. The normalized spacial score (nSPS) is 13.1. The summed E-state index contributed by atoms with van der Waals surface area (Å²) in [7, 11) is 0. The van der Waals surface area contributed by atoms with E-state index in [1.807, 2.05) is 6.92 Å². The Bertz CT molecular complexity index is 504. The number of nitrogens with two attached hydrogens (primary N) is 1. The van der Waals surface area contributed by atoms with Gasteiger partial charge in [-0.1, -0.05) is 18.2 Å².